The van der Waals surface area contributed by atoms with E-state index in [2.05, 4.69) is 0 Å². The molecule has 0 radical (unpaired) electrons. The van der Waals surface area contributed by atoms with E-state index >= 15 is 0 Å². The van der Waals surface area contributed by atoms with Gasteiger partial charge in [0.05, 0.1) is 0 Å². The van der Waals surface area contributed by atoms with Gasteiger partial charge in [-0.25, -0.2) is 4.79 Å². The summed E-state index contributed by atoms with van der Waals surface area (Å²) in [6, 6.07) is 0.372. The largest absolute Gasteiger partial charge is 0.478 e. The van der Waals surface area contributed by atoms with E-state index in [-0.39, 0.29) is 5.91 Å². The SMILES string of the molecule is O=C(O)C=CC(=O)N(CC1CC1)C1CC1. The summed E-state index contributed by atoms with van der Waals surface area (Å²) in [6.07, 6.45) is 6.64. The van der Waals surface area contributed by atoms with Crippen LogP contribution in [-0.2, 0) is 9.59 Å². The molecule has 4 nitrogen and oxygen atoms in total. The molecule has 0 aromatic rings. The van der Waals surface area contributed by atoms with Gasteiger partial charge in [0.25, 0.3) is 0 Å². The van der Waals surface area contributed by atoms with Crippen molar-refractivity contribution in [3.63, 3.8) is 0 Å². The molecule has 0 aromatic heterocycles. The Hall–Kier alpha value is -1.32. The highest BCUT2D eigenvalue weighted by atomic mass is 16.4. The van der Waals surface area contributed by atoms with Crippen molar-refractivity contribution in [1.82, 2.24) is 4.90 Å². The maximum atomic E-state index is 11.7. The first kappa shape index (κ1) is 10.2. The van der Waals surface area contributed by atoms with Crippen LogP contribution in [0.15, 0.2) is 12.2 Å². The average Bonchev–Trinajstić information content (AvgIpc) is 3.00. The summed E-state index contributed by atoms with van der Waals surface area (Å²) in [7, 11) is 0. The van der Waals surface area contributed by atoms with Crippen LogP contribution in [0.1, 0.15) is 25.7 Å². The Morgan fingerprint density at radius 3 is 2.33 bits per heavy atom. The number of aliphatic carboxylic acids is 1. The minimum atomic E-state index is -1.06. The van der Waals surface area contributed by atoms with E-state index in [1.807, 2.05) is 4.90 Å². The molecule has 0 heterocycles. The topological polar surface area (TPSA) is 57.6 Å². The van der Waals surface area contributed by atoms with Crippen molar-refractivity contribution in [2.45, 2.75) is 31.7 Å². The van der Waals surface area contributed by atoms with Crippen LogP contribution in [0.5, 0.6) is 0 Å². The Labute approximate surface area is 88.6 Å². The summed E-state index contributed by atoms with van der Waals surface area (Å²) in [5.74, 6) is -0.551. The van der Waals surface area contributed by atoms with E-state index in [1.165, 1.54) is 18.9 Å². The highest BCUT2D eigenvalue weighted by Gasteiger charge is 2.35. The van der Waals surface area contributed by atoms with Crippen molar-refractivity contribution in [1.29, 1.82) is 0 Å². The smallest absolute Gasteiger partial charge is 0.328 e. The van der Waals surface area contributed by atoms with Crippen LogP contribution in [0.3, 0.4) is 0 Å². The predicted molar refractivity (Wildman–Crippen MR) is 54.2 cm³/mol. The van der Waals surface area contributed by atoms with Crippen LogP contribution < -0.4 is 0 Å². The van der Waals surface area contributed by atoms with Gasteiger partial charge in [-0.05, 0) is 31.6 Å². The number of rotatable bonds is 5. The summed E-state index contributed by atoms with van der Waals surface area (Å²) in [5.41, 5.74) is 0. The number of nitrogens with zero attached hydrogens (tertiary/aromatic N) is 1. The van der Waals surface area contributed by atoms with Gasteiger partial charge >= 0.3 is 5.97 Å². The van der Waals surface area contributed by atoms with Gasteiger partial charge in [0.1, 0.15) is 0 Å². The number of hydrogen-bond donors (Lipinski definition) is 1. The van der Waals surface area contributed by atoms with Gasteiger partial charge in [0, 0.05) is 24.7 Å². The molecular weight excluding hydrogens is 194 g/mol. The van der Waals surface area contributed by atoms with Gasteiger partial charge in [0.15, 0.2) is 0 Å². The molecule has 0 saturated heterocycles. The number of hydrogen-bond acceptors (Lipinski definition) is 2. The highest BCUT2D eigenvalue weighted by molar-refractivity contribution is 5.94. The quantitative estimate of drug-likeness (QED) is 0.688. The van der Waals surface area contributed by atoms with Gasteiger partial charge in [-0.3, -0.25) is 4.79 Å². The molecular formula is C11H15NO3. The monoisotopic (exact) mass is 209 g/mol. The fourth-order valence-corrected chi connectivity index (χ4v) is 1.62. The van der Waals surface area contributed by atoms with E-state index in [4.69, 9.17) is 5.11 Å². The third-order valence-electron chi connectivity index (χ3n) is 2.79. The number of carboxylic acid groups (broad SMARTS) is 1. The van der Waals surface area contributed by atoms with E-state index < -0.39 is 5.97 Å². The van der Waals surface area contributed by atoms with Crippen molar-refractivity contribution in [2.75, 3.05) is 6.54 Å². The van der Waals surface area contributed by atoms with E-state index in [0.717, 1.165) is 25.5 Å². The second kappa shape index (κ2) is 4.04. The zero-order valence-corrected chi connectivity index (χ0v) is 8.56. The van der Waals surface area contributed by atoms with Crippen molar-refractivity contribution in [3.8, 4) is 0 Å². The summed E-state index contributed by atoms with van der Waals surface area (Å²) < 4.78 is 0. The van der Waals surface area contributed by atoms with E-state index in [0.29, 0.717) is 12.0 Å². The van der Waals surface area contributed by atoms with Gasteiger partial charge in [-0.1, -0.05) is 0 Å². The molecule has 0 aromatic carbocycles. The van der Waals surface area contributed by atoms with Crippen LogP contribution in [0, 0.1) is 5.92 Å². The first-order valence-corrected chi connectivity index (χ1v) is 5.38. The van der Waals surface area contributed by atoms with Crippen LogP contribution >= 0.6 is 0 Å². The second-order valence-corrected chi connectivity index (χ2v) is 4.34. The summed E-state index contributed by atoms with van der Waals surface area (Å²) in [6.45, 7) is 0.813. The number of carbonyl (C=O) groups excluding carboxylic acids is 1. The molecule has 0 bridgehead atoms. The molecule has 0 atom stereocenters. The number of carbonyl (C=O) groups is 2. The molecule has 2 aliphatic rings. The fraction of sp³-hybridized carbons (Fsp3) is 0.636. The lowest BCUT2D eigenvalue weighted by Gasteiger charge is -2.20. The lowest BCUT2D eigenvalue weighted by Crippen LogP contribution is -2.33. The normalized spacial score (nSPS) is 20.5. The lowest BCUT2D eigenvalue weighted by molar-refractivity contribution is -0.132. The minimum Gasteiger partial charge on any atom is -0.478 e. The van der Waals surface area contributed by atoms with Crippen LogP contribution in [0.4, 0.5) is 0 Å². The zero-order valence-electron chi connectivity index (χ0n) is 8.56. The van der Waals surface area contributed by atoms with Gasteiger partial charge < -0.3 is 10.0 Å². The third kappa shape index (κ3) is 3.08. The summed E-state index contributed by atoms with van der Waals surface area (Å²) in [4.78, 5) is 23.8. The standard InChI is InChI=1S/C11H15NO3/c13-10(5-6-11(14)15)12(9-3-4-9)7-8-1-2-8/h5-6,8-9H,1-4,7H2,(H,14,15). The number of carboxylic acids is 1. The van der Waals surface area contributed by atoms with Crippen molar-refractivity contribution >= 4 is 11.9 Å². The summed E-state index contributed by atoms with van der Waals surface area (Å²) >= 11 is 0. The maximum absolute atomic E-state index is 11.7. The van der Waals surface area contributed by atoms with Crippen molar-refractivity contribution in [3.05, 3.63) is 12.2 Å². The van der Waals surface area contributed by atoms with Gasteiger partial charge in [0.2, 0.25) is 5.91 Å². The van der Waals surface area contributed by atoms with Crippen LogP contribution in [-0.4, -0.2) is 34.5 Å². The number of amides is 1. The predicted octanol–water partition coefficient (Wildman–Crippen LogP) is 1.03. The molecule has 4 heteroatoms. The Kier molecular flexibility index (Phi) is 2.75. The third-order valence-corrected chi connectivity index (χ3v) is 2.79. The molecule has 0 unspecified atom stereocenters. The molecule has 1 amide bonds. The molecule has 0 spiro atoms. The molecule has 2 saturated carbocycles. The Bertz CT molecular complexity index is 303. The van der Waals surface area contributed by atoms with Gasteiger partial charge in [-0.2, -0.15) is 0 Å². The van der Waals surface area contributed by atoms with Crippen LogP contribution in [0.2, 0.25) is 0 Å². The van der Waals surface area contributed by atoms with Crippen molar-refractivity contribution in [2.24, 2.45) is 5.92 Å². The molecule has 2 aliphatic carbocycles. The van der Waals surface area contributed by atoms with Crippen LogP contribution in [0.25, 0.3) is 0 Å². The Balaban J connectivity index is 1.90. The lowest BCUT2D eigenvalue weighted by atomic mass is 10.3. The van der Waals surface area contributed by atoms with Gasteiger partial charge in [-0.15, -0.1) is 0 Å². The minimum absolute atomic E-state index is 0.146. The Morgan fingerprint density at radius 1 is 1.20 bits per heavy atom. The highest BCUT2D eigenvalue weighted by Crippen LogP contribution is 2.34. The molecule has 1 N–H and O–H groups in total. The molecule has 0 aliphatic heterocycles. The van der Waals surface area contributed by atoms with E-state index in [1.54, 1.807) is 0 Å². The molecule has 2 rings (SSSR count). The second-order valence-electron chi connectivity index (χ2n) is 4.34. The Morgan fingerprint density at radius 2 is 1.87 bits per heavy atom. The fourth-order valence-electron chi connectivity index (χ4n) is 1.62. The molecule has 82 valence electrons. The van der Waals surface area contributed by atoms with Crippen molar-refractivity contribution < 1.29 is 14.7 Å². The average molecular weight is 209 g/mol. The maximum Gasteiger partial charge on any atom is 0.328 e. The van der Waals surface area contributed by atoms with E-state index in [9.17, 15) is 9.59 Å². The first-order chi connectivity index (χ1) is 7.16. The molecule has 15 heavy (non-hydrogen) atoms. The zero-order chi connectivity index (χ0) is 10.8. The molecule has 2 fully saturated rings. The first-order valence-electron chi connectivity index (χ1n) is 5.38. The summed E-state index contributed by atoms with van der Waals surface area (Å²) in [5, 5.41) is 8.44.